The molecule has 0 bridgehead atoms. The maximum atomic E-state index is 2.50. The number of fused-ring (bicyclic) bond motifs is 2. The van der Waals surface area contributed by atoms with Gasteiger partial charge in [-0.2, -0.15) is 0 Å². The van der Waals surface area contributed by atoms with Crippen molar-refractivity contribution in [1.29, 1.82) is 0 Å². The van der Waals surface area contributed by atoms with E-state index in [0.717, 1.165) is 34.1 Å². The van der Waals surface area contributed by atoms with E-state index < -0.39 is 0 Å². The third kappa shape index (κ3) is 6.36. The molecule has 0 fully saturated rings. The van der Waals surface area contributed by atoms with Gasteiger partial charge in [0.15, 0.2) is 0 Å². The molecule has 9 rings (SSSR count). The van der Waals surface area contributed by atoms with E-state index in [1.54, 1.807) is 0 Å². The van der Waals surface area contributed by atoms with Crippen LogP contribution in [0.25, 0.3) is 22.3 Å². The fraction of sp³-hybridized carbons (Fsp3) is 0.250. The zero-order valence-corrected chi connectivity index (χ0v) is 37.0. The second kappa shape index (κ2) is 14.4. The van der Waals surface area contributed by atoms with Crippen LogP contribution in [0.4, 0.5) is 34.1 Å². The molecule has 0 aliphatic carbocycles. The second-order valence-corrected chi connectivity index (χ2v) is 18.8. The van der Waals surface area contributed by atoms with Gasteiger partial charge in [0.05, 0.1) is 0 Å². The molecule has 4 nitrogen and oxygen atoms in total. The van der Waals surface area contributed by atoms with Crippen LogP contribution < -0.4 is 9.80 Å². The maximum absolute atomic E-state index is 2.50. The Morgan fingerprint density at radius 2 is 0.583 bits per heavy atom. The van der Waals surface area contributed by atoms with E-state index in [1.807, 2.05) is 0 Å². The molecule has 2 heterocycles. The summed E-state index contributed by atoms with van der Waals surface area (Å²) >= 11 is 0. The Labute approximate surface area is 358 Å². The van der Waals surface area contributed by atoms with E-state index in [0.29, 0.717) is 0 Å². The average Bonchev–Trinajstić information content (AvgIpc) is 3.49. The molecule has 2 aliphatic rings. The molecule has 0 spiro atoms. The van der Waals surface area contributed by atoms with Crippen LogP contribution in [0, 0.1) is 0 Å². The Hall–Kier alpha value is -5.94. The zero-order chi connectivity index (χ0) is 42.2. The highest BCUT2D eigenvalue weighted by molar-refractivity contribution is 5.85. The Bertz CT molecular complexity index is 2530. The fourth-order valence-electron chi connectivity index (χ4n) is 10.1. The minimum atomic E-state index is -0.0701. The highest BCUT2D eigenvalue weighted by atomic mass is 15.3. The predicted molar refractivity (Wildman–Crippen MR) is 254 cm³/mol. The monoisotopic (exact) mass is 786 g/mol. The van der Waals surface area contributed by atoms with Crippen molar-refractivity contribution in [3.05, 3.63) is 192 Å². The summed E-state index contributed by atoms with van der Waals surface area (Å²) in [4.78, 5) is 9.76. The van der Waals surface area contributed by atoms with Crippen LogP contribution in [0.15, 0.2) is 170 Å². The molecule has 0 amide bonds. The van der Waals surface area contributed by atoms with E-state index in [1.165, 1.54) is 44.5 Å². The van der Waals surface area contributed by atoms with Gasteiger partial charge in [-0.05, 0) is 193 Å². The maximum Gasteiger partial charge on any atom is 0.0482 e. The lowest BCUT2D eigenvalue weighted by Crippen LogP contribution is -2.42. The number of para-hydroxylation sites is 2. The molecule has 7 aromatic rings. The van der Waals surface area contributed by atoms with Crippen LogP contribution in [-0.4, -0.2) is 23.9 Å². The van der Waals surface area contributed by atoms with Gasteiger partial charge in [-0.3, -0.25) is 9.80 Å². The molecule has 0 saturated heterocycles. The van der Waals surface area contributed by atoms with Crippen molar-refractivity contribution in [2.24, 2.45) is 0 Å². The number of rotatable bonds is 8. The number of benzene rings is 7. The summed E-state index contributed by atoms with van der Waals surface area (Å²) in [7, 11) is 4.49. The number of hydrogen-bond acceptors (Lipinski definition) is 4. The molecule has 4 heteroatoms. The van der Waals surface area contributed by atoms with Crippen molar-refractivity contribution >= 4 is 34.1 Å². The predicted octanol–water partition coefficient (Wildman–Crippen LogP) is 14.8. The summed E-state index contributed by atoms with van der Waals surface area (Å²) in [5.41, 5.74) is 16.8. The highest BCUT2D eigenvalue weighted by Gasteiger charge is 2.47. The summed E-state index contributed by atoms with van der Waals surface area (Å²) < 4.78 is 0. The molecule has 0 N–H and O–H groups in total. The minimum absolute atomic E-state index is 0.0310. The minimum Gasteiger partial charge on any atom is -0.310 e. The molecule has 60 heavy (non-hydrogen) atoms. The van der Waals surface area contributed by atoms with Crippen molar-refractivity contribution in [2.45, 2.75) is 77.5 Å². The van der Waals surface area contributed by atoms with Crippen molar-refractivity contribution < 1.29 is 0 Å². The quantitative estimate of drug-likeness (QED) is 0.152. The first-order chi connectivity index (χ1) is 28.6. The molecule has 0 aromatic heterocycles. The summed E-state index contributed by atoms with van der Waals surface area (Å²) in [6.45, 7) is 18.7. The lowest BCUT2D eigenvalue weighted by Gasteiger charge is -2.37. The van der Waals surface area contributed by atoms with E-state index in [2.05, 4.69) is 259 Å². The third-order valence-electron chi connectivity index (χ3n) is 14.3. The van der Waals surface area contributed by atoms with Gasteiger partial charge < -0.3 is 9.80 Å². The van der Waals surface area contributed by atoms with Gasteiger partial charge in [0.2, 0.25) is 0 Å². The molecule has 7 aromatic carbocycles. The molecule has 0 radical (unpaired) electrons. The van der Waals surface area contributed by atoms with E-state index >= 15 is 0 Å². The van der Waals surface area contributed by atoms with Crippen LogP contribution in [0.5, 0.6) is 0 Å². The molecular formula is C56H58N4. The van der Waals surface area contributed by atoms with Gasteiger partial charge in [0, 0.05) is 56.3 Å². The van der Waals surface area contributed by atoms with Gasteiger partial charge in [0.25, 0.3) is 0 Å². The van der Waals surface area contributed by atoms with Crippen molar-refractivity contribution in [3.8, 4) is 22.3 Å². The Morgan fingerprint density at radius 3 is 0.967 bits per heavy atom. The van der Waals surface area contributed by atoms with Crippen LogP contribution >= 0.6 is 0 Å². The molecule has 2 aliphatic heterocycles. The van der Waals surface area contributed by atoms with Gasteiger partial charge in [-0.15, -0.1) is 0 Å². The van der Waals surface area contributed by atoms with E-state index in [9.17, 15) is 0 Å². The van der Waals surface area contributed by atoms with Crippen molar-refractivity contribution in [3.63, 3.8) is 0 Å². The Kier molecular flexibility index (Phi) is 9.46. The van der Waals surface area contributed by atoms with Crippen molar-refractivity contribution in [1.82, 2.24) is 9.80 Å². The lowest BCUT2D eigenvalue weighted by atomic mass is 9.88. The SMILES string of the molecule is CN1C(C)(C)c2ccc(-c3cccc(N(c4ccccc4)c4cccc(N(c5ccccc5)c5cccc(-c6ccc7c(c6)C(C)(C)N(C)C7(C)C)c5)c4)c3)cc2C1(C)C. The van der Waals surface area contributed by atoms with Crippen LogP contribution in [0.1, 0.15) is 77.6 Å². The van der Waals surface area contributed by atoms with Gasteiger partial charge in [-0.1, -0.05) is 91.0 Å². The molecular weight excluding hydrogens is 729 g/mol. The number of nitrogens with zero attached hydrogens (tertiary/aromatic N) is 4. The van der Waals surface area contributed by atoms with Gasteiger partial charge >= 0.3 is 0 Å². The Morgan fingerprint density at radius 1 is 0.283 bits per heavy atom. The zero-order valence-electron chi connectivity index (χ0n) is 37.0. The van der Waals surface area contributed by atoms with Crippen molar-refractivity contribution in [2.75, 3.05) is 23.9 Å². The first-order valence-corrected chi connectivity index (χ1v) is 21.4. The van der Waals surface area contributed by atoms with Crippen LogP contribution in [-0.2, 0) is 22.2 Å². The molecule has 0 atom stereocenters. The van der Waals surface area contributed by atoms with E-state index in [4.69, 9.17) is 0 Å². The highest BCUT2D eigenvalue weighted by Crippen LogP contribution is 2.51. The van der Waals surface area contributed by atoms with Crippen LogP contribution in [0.3, 0.4) is 0 Å². The van der Waals surface area contributed by atoms with Crippen LogP contribution in [0.2, 0.25) is 0 Å². The summed E-state index contributed by atoms with van der Waals surface area (Å²) in [6.07, 6.45) is 0. The largest absolute Gasteiger partial charge is 0.310 e. The summed E-state index contributed by atoms with van der Waals surface area (Å²) in [5, 5.41) is 0. The molecule has 0 saturated carbocycles. The average molecular weight is 787 g/mol. The van der Waals surface area contributed by atoms with Gasteiger partial charge in [0.1, 0.15) is 0 Å². The fourth-order valence-corrected chi connectivity index (χ4v) is 10.1. The standard InChI is InChI=1S/C56H58N4/c1-53(2)49-32-30-41(36-51(49)55(5,6)57(53)9)39-20-17-26-45(34-39)59(43-22-13-11-14-23-43)47-28-19-29-48(38-47)60(44-24-15-12-16-25-44)46-27-18-21-40(35-46)42-31-33-50-52(37-42)56(7,8)58(10)54(50,3)4/h11-38H,1-10H3. The third-order valence-corrected chi connectivity index (χ3v) is 14.3. The normalized spacial score (nSPS) is 17.2. The topological polar surface area (TPSA) is 13.0 Å². The smallest absolute Gasteiger partial charge is 0.0482 e. The summed E-state index contributed by atoms with van der Waals surface area (Å²) in [6, 6.07) is 62.6. The summed E-state index contributed by atoms with van der Waals surface area (Å²) in [5.74, 6) is 0. The lowest BCUT2D eigenvalue weighted by molar-refractivity contribution is 0.0729. The number of anilines is 6. The molecule has 0 unspecified atom stereocenters. The second-order valence-electron chi connectivity index (χ2n) is 18.8. The first kappa shape index (κ1) is 39.5. The van der Waals surface area contributed by atoms with E-state index in [-0.39, 0.29) is 22.2 Å². The Balaban J connectivity index is 1.13. The molecule has 302 valence electrons. The number of hydrogen-bond donors (Lipinski definition) is 0. The first-order valence-electron chi connectivity index (χ1n) is 21.4. The van der Waals surface area contributed by atoms with Gasteiger partial charge in [-0.25, -0.2) is 0 Å².